The molecule has 1 saturated carbocycles. The van der Waals surface area contributed by atoms with Crippen molar-refractivity contribution in [3.05, 3.63) is 70.8 Å². The first kappa shape index (κ1) is 21.3. The van der Waals surface area contributed by atoms with Gasteiger partial charge in [0, 0.05) is 40.1 Å². The van der Waals surface area contributed by atoms with Gasteiger partial charge < -0.3 is 15.5 Å². The third-order valence-electron chi connectivity index (χ3n) is 5.88. The average Bonchev–Trinajstić information content (AvgIpc) is 3.59. The lowest BCUT2D eigenvalue weighted by Crippen LogP contribution is -2.48. The standard InChI is InChI=1S/C24H20ClFN4O3/c25-14-1-5-18-19(8-14)20(11-30(24(18)33)12-22(31)28-16-3-4-16)23(32)29-21-10-27-9-13-7-15(26)2-6-17(13)21/h1-2,5-10,16,20H,3-4,11-12H2,(H,28,31)(H,29,32). The molecule has 2 aromatic carbocycles. The molecule has 1 atom stereocenters. The Bertz CT molecular complexity index is 1290. The second-order valence-corrected chi connectivity index (χ2v) is 8.79. The number of hydrogen-bond donors (Lipinski definition) is 2. The highest BCUT2D eigenvalue weighted by Gasteiger charge is 2.37. The molecular weight excluding hydrogens is 447 g/mol. The van der Waals surface area contributed by atoms with E-state index < -0.39 is 11.7 Å². The van der Waals surface area contributed by atoms with Gasteiger partial charge in [0.05, 0.1) is 24.3 Å². The molecule has 0 spiro atoms. The Morgan fingerprint density at radius 1 is 1.15 bits per heavy atom. The predicted octanol–water partition coefficient (Wildman–Crippen LogP) is 3.48. The number of nitrogens with one attached hydrogen (secondary N) is 2. The fourth-order valence-corrected chi connectivity index (χ4v) is 4.27. The van der Waals surface area contributed by atoms with Gasteiger partial charge >= 0.3 is 0 Å². The number of pyridine rings is 1. The van der Waals surface area contributed by atoms with Gasteiger partial charge in [-0.3, -0.25) is 19.4 Å². The van der Waals surface area contributed by atoms with Gasteiger partial charge in [-0.2, -0.15) is 0 Å². The molecule has 7 nitrogen and oxygen atoms in total. The maximum absolute atomic E-state index is 13.6. The molecule has 0 bridgehead atoms. The summed E-state index contributed by atoms with van der Waals surface area (Å²) in [5, 5.41) is 7.32. The Morgan fingerprint density at radius 3 is 2.76 bits per heavy atom. The van der Waals surface area contributed by atoms with Gasteiger partial charge in [0.25, 0.3) is 5.91 Å². The number of amides is 3. The lowest BCUT2D eigenvalue weighted by atomic mass is 9.88. The number of halogens is 2. The van der Waals surface area contributed by atoms with Gasteiger partial charge in [-0.05, 0) is 54.8 Å². The van der Waals surface area contributed by atoms with Gasteiger partial charge in [0.15, 0.2) is 0 Å². The summed E-state index contributed by atoms with van der Waals surface area (Å²) in [5.74, 6) is -2.10. The van der Waals surface area contributed by atoms with Gasteiger partial charge in [0.2, 0.25) is 11.8 Å². The maximum atomic E-state index is 13.6. The second-order valence-electron chi connectivity index (χ2n) is 8.35. The summed E-state index contributed by atoms with van der Waals surface area (Å²) < 4.78 is 13.6. The highest BCUT2D eigenvalue weighted by atomic mass is 35.5. The molecule has 9 heteroatoms. The minimum atomic E-state index is -0.749. The molecule has 5 rings (SSSR count). The van der Waals surface area contributed by atoms with Gasteiger partial charge in [-0.25, -0.2) is 4.39 Å². The number of anilines is 1. The van der Waals surface area contributed by atoms with Gasteiger partial charge in [0.1, 0.15) is 5.82 Å². The number of hydrogen-bond acceptors (Lipinski definition) is 4. The van der Waals surface area contributed by atoms with E-state index >= 15 is 0 Å². The summed E-state index contributed by atoms with van der Waals surface area (Å²) in [5.41, 5.74) is 1.27. The molecule has 1 aromatic heterocycles. The van der Waals surface area contributed by atoms with Crippen molar-refractivity contribution in [1.82, 2.24) is 15.2 Å². The van der Waals surface area contributed by atoms with Crippen molar-refractivity contribution in [2.75, 3.05) is 18.4 Å². The molecule has 1 aliphatic carbocycles. The van der Waals surface area contributed by atoms with Crippen LogP contribution in [0.3, 0.4) is 0 Å². The molecule has 2 N–H and O–H groups in total. The minimum Gasteiger partial charge on any atom is -0.352 e. The molecule has 1 unspecified atom stereocenters. The molecule has 2 heterocycles. The average molecular weight is 467 g/mol. The van der Waals surface area contributed by atoms with Crippen LogP contribution < -0.4 is 10.6 Å². The summed E-state index contributed by atoms with van der Waals surface area (Å²) in [6.45, 7) is -0.0980. The Hall–Kier alpha value is -3.52. The van der Waals surface area contributed by atoms with Crippen LogP contribution in [0.5, 0.6) is 0 Å². The first-order chi connectivity index (χ1) is 15.9. The van der Waals surface area contributed by atoms with Gasteiger partial charge in [-0.15, -0.1) is 0 Å². The molecule has 1 aliphatic heterocycles. The fourth-order valence-electron chi connectivity index (χ4n) is 4.09. The van der Waals surface area contributed by atoms with Crippen molar-refractivity contribution in [2.45, 2.75) is 24.8 Å². The van der Waals surface area contributed by atoms with Crippen molar-refractivity contribution in [1.29, 1.82) is 0 Å². The molecule has 3 aromatic rings. The molecular formula is C24H20ClFN4O3. The lowest BCUT2D eigenvalue weighted by Gasteiger charge is -2.33. The van der Waals surface area contributed by atoms with E-state index in [2.05, 4.69) is 15.6 Å². The Morgan fingerprint density at radius 2 is 1.97 bits per heavy atom. The summed E-state index contributed by atoms with van der Waals surface area (Å²) >= 11 is 6.17. The number of aromatic nitrogens is 1. The molecule has 2 aliphatic rings. The quantitative estimate of drug-likeness (QED) is 0.602. The molecule has 168 valence electrons. The Balaban J connectivity index is 1.44. The van der Waals surface area contributed by atoms with E-state index in [1.807, 2.05) is 0 Å². The number of benzene rings is 2. The summed E-state index contributed by atoms with van der Waals surface area (Å²) in [4.78, 5) is 44.2. The molecule has 33 heavy (non-hydrogen) atoms. The van der Waals surface area contributed by atoms with Crippen LogP contribution in [0.4, 0.5) is 10.1 Å². The topological polar surface area (TPSA) is 91.4 Å². The SMILES string of the molecule is O=C(CN1CC(C(=O)Nc2cncc3cc(F)ccc23)c2cc(Cl)ccc2C1=O)NC1CC1. The number of nitrogens with zero attached hydrogens (tertiary/aromatic N) is 2. The van der Waals surface area contributed by atoms with Crippen molar-refractivity contribution >= 4 is 45.8 Å². The monoisotopic (exact) mass is 466 g/mol. The fraction of sp³-hybridized carbons (Fsp3) is 0.250. The number of rotatable bonds is 5. The van der Waals surface area contributed by atoms with Crippen LogP contribution >= 0.6 is 11.6 Å². The minimum absolute atomic E-state index is 0.0307. The highest BCUT2D eigenvalue weighted by Crippen LogP contribution is 2.32. The molecule has 3 amide bonds. The third kappa shape index (κ3) is 4.39. The van der Waals surface area contributed by atoms with E-state index in [1.165, 1.54) is 29.4 Å². The number of carbonyl (C=O) groups is 3. The van der Waals surface area contributed by atoms with Crippen LogP contribution in [-0.4, -0.2) is 46.7 Å². The van der Waals surface area contributed by atoms with Gasteiger partial charge in [-0.1, -0.05) is 11.6 Å². The second kappa shape index (κ2) is 8.44. The smallest absolute Gasteiger partial charge is 0.254 e. The van der Waals surface area contributed by atoms with Crippen molar-refractivity contribution in [2.24, 2.45) is 0 Å². The van der Waals surface area contributed by atoms with Crippen molar-refractivity contribution in [3.63, 3.8) is 0 Å². The zero-order chi connectivity index (χ0) is 23.1. The zero-order valence-electron chi connectivity index (χ0n) is 17.5. The van der Waals surface area contributed by atoms with Crippen LogP contribution in [0, 0.1) is 5.82 Å². The van der Waals surface area contributed by atoms with E-state index in [-0.39, 0.29) is 36.9 Å². The Kier molecular flexibility index (Phi) is 5.46. The molecule has 0 saturated heterocycles. The van der Waals surface area contributed by atoms with E-state index in [4.69, 9.17) is 11.6 Å². The van der Waals surface area contributed by atoms with E-state index in [0.717, 1.165) is 12.8 Å². The largest absolute Gasteiger partial charge is 0.352 e. The lowest BCUT2D eigenvalue weighted by molar-refractivity contribution is -0.123. The van der Waals surface area contributed by atoms with Crippen LogP contribution in [0.1, 0.15) is 34.7 Å². The van der Waals surface area contributed by atoms with Crippen LogP contribution in [0.15, 0.2) is 48.8 Å². The van der Waals surface area contributed by atoms with Crippen LogP contribution in [0.2, 0.25) is 5.02 Å². The molecule has 0 radical (unpaired) electrons. The Labute approximate surface area is 193 Å². The van der Waals surface area contributed by atoms with Crippen molar-refractivity contribution < 1.29 is 18.8 Å². The van der Waals surface area contributed by atoms with E-state index in [0.29, 0.717) is 32.6 Å². The first-order valence-corrected chi connectivity index (χ1v) is 11.0. The third-order valence-corrected chi connectivity index (χ3v) is 6.12. The van der Waals surface area contributed by atoms with Crippen molar-refractivity contribution in [3.8, 4) is 0 Å². The first-order valence-electron chi connectivity index (χ1n) is 10.6. The number of carbonyl (C=O) groups excluding carboxylic acids is 3. The summed E-state index contributed by atoms with van der Waals surface area (Å²) in [7, 11) is 0. The van der Waals surface area contributed by atoms with E-state index in [9.17, 15) is 18.8 Å². The summed E-state index contributed by atoms with van der Waals surface area (Å²) in [6, 6.07) is 9.17. The maximum Gasteiger partial charge on any atom is 0.254 e. The van der Waals surface area contributed by atoms with E-state index in [1.54, 1.807) is 24.3 Å². The normalized spacial score (nSPS) is 17.6. The predicted molar refractivity (Wildman–Crippen MR) is 122 cm³/mol. The number of fused-ring (bicyclic) bond motifs is 2. The highest BCUT2D eigenvalue weighted by molar-refractivity contribution is 6.30. The zero-order valence-corrected chi connectivity index (χ0v) is 18.2. The van der Waals surface area contributed by atoms with Crippen LogP contribution in [-0.2, 0) is 9.59 Å². The molecule has 1 fully saturated rings. The van der Waals surface area contributed by atoms with Crippen LogP contribution in [0.25, 0.3) is 10.8 Å². The summed E-state index contributed by atoms with van der Waals surface area (Å²) in [6.07, 6.45) is 4.89.